The molecule has 0 amide bonds. The van der Waals surface area contributed by atoms with Crippen molar-refractivity contribution in [2.45, 2.75) is 0 Å². The van der Waals surface area contributed by atoms with Gasteiger partial charge in [0, 0.05) is 57.5 Å². The summed E-state index contributed by atoms with van der Waals surface area (Å²) in [6, 6.07) is 16.5. The maximum atomic E-state index is 3.48. The lowest BCUT2D eigenvalue weighted by Crippen LogP contribution is -3.00. The lowest BCUT2D eigenvalue weighted by Gasteiger charge is -1.97. The van der Waals surface area contributed by atoms with Crippen LogP contribution >= 0.6 is 31.9 Å². The van der Waals surface area contributed by atoms with E-state index in [0.29, 0.717) is 0 Å². The normalized spacial score (nSPS) is 21.6. The molecule has 6 heteroatoms. The van der Waals surface area contributed by atoms with Gasteiger partial charge in [0.15, 0.2) is 24.8 Å². The molecule has 0 radical (unpaired) electrons. The Morgan fingerprint density at radius 2 is 0.821 bits per heavy atom. The highest BCUT2D eigenvalue weighted by atomic mass is 79.9. The predicted octanol–water partition coefficient (Wildman–Crippen LogP) is 0.503. The average molecular weight is 541 g/mol. The number of hydrogen-bond acceptors (Lipinski definition) is 0. The van der Waals surface area contributed by atoms with Gasteiger partial charge in [-0.2, -0.15) is 9.15 Å². The second-order valence-corrected chi connectivity index (χ2v) is 7.35. The zero-order valence-electron chi connectivity index (χ0n) is 14.8. The first-order chi connectivity index (χ1) is 12.7. The van der Waals surface area contributed by atoms with Gasteiger partial charge < -0.3 is 24.8 Å². The number of hydrogen-bond donors (Lipinski definition) is 0. The van der Waals surface area contributed by atoms with Crippen LogP contribution in [0.1, 0.15) is 0 Å². The SMILES string of the molecule is Brc1ccc([N+]2=C/C=C\C=C/[N+](c3ccc(Br)cc3)=C\C=C/C=C\2)cc1.[Cl-].[Cl-]. The van der Waals surface area contributed by atoms with Gasteiger partial charge in [-0.05, 0) is 24.3 Å². The number of halogens is 4. The van der Waals surface area contributed by atoms with Crippen LogP contribution in [0.2, 0.25) is 0 Å². The standard InChI is InChI=1S/C22H18Br2N2.2ClH/c23-19-7-11-21(12-8-19)25-15-3-1-4-16-26(18-6-2-5-17-25)22-13-9-20(24)10-14-22;;/h1-18H;2*1H/q+2;;/p-2/b3-1-,4-1?,5-2?,6-2-,15-3?,16-4-,17-5-,18-6?,25-15+,25-17?,26-16?,26-18+;;. The Morgan fingerprint density at radius 3 is 1.18 bits per heavy atom. The van der Waals surface area contributed by atoms with Gasteiger partial charge in [0.1, 0.15) is 0 Å². The Morgan fingerprint density at radius 1 is 0.464 bits per heavy atom. The summed E-state index contributed by atoms with van der Waals surface area (Å²) in [4.78, 5) is 0. The first-order valence-electron chi connectivity index (χ1n) is 8.17. The first kappa shape index (κ1) is 24.3. The van der Waals surface area contributed by atoms with Crippen molar-refractivity contribution in [2.24, 2.45) is 0 Å². The monoisotopic (exact) mass is 538 g/mol. The molecule has 0 bridgehead atoms. The summed E-state index contributed by atoms with van der Waals surface area (Å²) in [6.45, 7) is 0. The number of rotatable bonds is 2. The van der Waals surface area contributed by atoms with Gasteiger partial charge in [-0.1, -0.05) is 44.0 Å². The molecule has 0 aromatic heterocycles. The van der Waals surface area contributed by atoms with E-state index in [4.69, 9.17) is 0 Å². The molecule has 1 heterocycles. The van der Waals surface area contributed by atoms with Crippen molar-refractivity contribution in [1.29, 1.82) is 0 Å². The molecular weight excluding hydrogens is 523 g/mol. The highest BCUT2D eigenvalue weighted by Gasteiger charge is 2.05. The van der Waals surface area contributed by atoms with Crippen LogP contribution < -0.4 is 24.8 Å². The van der Waals surface area contributed by atoms with E-state index in [9.17, 15) is 0 Å². The zero-order chi connectivity index (χ0) is 18.2. The van der Waals surface area contributed by atoms with Crippen molar-refractivity contribution < 1.29 is 34.0 Å². The summed E-state index contributed by atoms with van der Waals surface area (Å²) in [5.41, 5.74) is 2.20. The zero-order valence-corrected chi connectivity index (χ0v) is 19.5. The van der Waals surface area contributed by atoms with E-state index >= 15 is 0 Å². The lowest BCUT2D eigenvalue weighted by atomic mass is 10.3. The van der Waals surface area contributed by atoms with E-state index in [1.54, 1.807) is 0 Å². The van der Waals surface area contributed by atoms with Crippen LogP contribution in [0.25, 0.3) is 0 Å². The van der Waals surface area contributed by atoms with Crippen molar-refractivity contribution in [1.82, 2.24) is 0 Å². The Kier molecular flexibility index (Phi) is 11.0. The van der Waals surface area contributed by atoms with Gasteiger partial charge in [-0.25, -0.2) is 0 Å². The second-order valence-electron chi connectivity index (χ2n) is 5.52. The van der Waals surface area contributed by atoms with Gasteiger partial charge in [0.05, 0.1) is 0 Å². The molecule has 0 spiro atoms. The summed E-state index contributed by atoms with van der Waals surface area (Å²) in [5.74, 6) is 0. The quantitative estimate of drug-likeness (QED) is 0.490. The van der Waals surface area contributed by atoms with E-state index in [-0.39, 0.29) is 24.8 Å². The van der Waals surface area contributed by atoms with Crippen LogP contribution in [0, 0.1) is 0 Å². The van der Waals surface area contributed by atoms with Crippen molar-refractivity contribution >= 4 is 55.7 Å². The molecule has 1 aliphatic heterocycles. The fraction of sp³-hybridized carbons (Fsp3) is 0. The van der Waals surface area contributed by atoms with Gasteiger partial charge in [-0.15, -0.1) is 0 Å². The van der Waals surface area contributed by atoms with Crippen molar-refractivity contribution in [3.63, 3.8) is 0 Å². The molecule has 144 valence electrons. The van der Waals surface area contributed by atoms with E-state index in [0.717, 1.165) is 20.3 Å². The molecule has 0 fully saturated rings. The van der Waals surface area contributed by atoms with Crippen LogP contribution in [0.15, 0.2) is 106 Å². The van der Waals surface area contributed by atoms with Crippen LogP contribution in [-0.2, 0) is 0 Å². The molecule has 0 atom stereocenters. The van der Waals surface area contributed by atoms with Crippen molar-refractivity contribution in [3.8, 4) is 0 Å². The predicted molar refractivity (Wildman–Crippen MR) is 117 cm³/mol. The molecule has 3 rings (SSSR count). The summed E-state index contributed by atoms with van der Waals surface area (Å²) >= 11 is 6.95. The third kappa shape index (κ3) is 7.36. The third-order valence-corrected chi connectivity index (χ3v) is 4.74. The molecule has 1 aliphatic rings. The summed E-state index contributed by atoms with van der Waals surface area (Å²) < 4.78 is 6.30. The lowest BCUT2D eigenvalue weighted by molar-refractivity contribution is -0.354. The van der Waals surface area contributed by atoms with Crippen molar-refractivity contribution in [2.75, 3.05) is 0 Å². The molecule has 0 N–H and O–H groups in total. The molecule has 0 aliphatic carbocycles. The van der Waals surface area contributed by atoms with Crippen LogP contribution in [0.4, 0.5) is 11.4 Å². The van der Waals surface area contributed by atoms with Crippen LogP contribution in [-0.4, -0.2) is 21.6 Å². The van der Waals surface area contributed by atoms with Gasteiger partial charge >= 0.3 is 0 Å². The fourth-order valence-corrected chi connectivity index (χ4v) is 2.90. The molecule has 2 aromatic rings. The minimum absolute atomic E-state index is 0. The fourth-order valence-electron chi connectivity index (χ4n) is 2.37. The summed E-state index contributed by atoms with van der Waals surface area (Å²) in [5, 5.41) is 0. The largest absolute Gasteiger partial charge is 1.00 e. The maximum absolute atomic E-state index is 3.48. The number of nitrogens with zero attached hydrogens (tertiary/aromatic N) is 2. The Balaban J connectivity index is 0.00000196. The van der Waals surface area contributed by atoms with Gasteiger partial charge in [0.2, 0.25) is 11.4 Å². The third-order valence-electron chi connectivity index (χ3n) is 3.68. The van der Waals surface area contributed by atoms with Crippen LogP contribution in [0.5, 0.6) is 0 Å². The Bertz CT molecular complexity index is 860. The molecular formula is C22H18Br2Cl2N2. The van der Waals surface area contributed by atoms with E-state index in [1.807, 2.05) is 85.6 Å². The molecule has 2 nitrogen and oxygen atoms in total. The van der Waals surface area contributed by atoms with Gasteiger partial charge in [0.25, 0.3) is 0 Å². The van der Waals surface area contributed by atoms with Gasteiger partial charge in [-0.3, -0.25) is 0 Å². The first-order valence-corrected chi connectivity index (χ1v) is 9.75. The molecule has 0 saturated heterocycles. The molecule has 0 saturated carbocycles. The highest BCUT2D eigenvalue weighted by Crippen LogP contribution is 2.18. The van der Waals surface area contributed by atoms with Crippen LogP contribution in [0.3, 0.4) is 0 Å². The van der Waals surface area contributed by atoms with E-state index in [1.165, 1.54) is 0 Å². The summed E-state index contributed by atoms with van der Waals surface area (Å²) in [6.07, 6.45) is 20.3. The number of allylic oxidation sites excluding steroid dienone is 6. The second kappa shape index (κ2) is 12.7. The van der Waals surface area contributed by atoms with Crippen molar-refractivity contribution in [3.05, 3.63) is 106 Å². The molecule has 28 heavy (non-hydrogen) atoms. The summed E-state index contributed by atoms with van der Waals surface area (Å²) in [7, 11) is 0. The Labute approximate surface area is 195 Å². The molecule has 2 aromatic carbocycles. The highest BCUT2D eigenvalue weighted by molar-refractivity contribution is 9.10. The maximum Gasteiger partial charge on any atom is 0.210 e. The Hall–Kier alpha value is -1.72. The smallest absolute Gasteiger partial charge is 0.210 e. The topological polar surface area (TPSA) is 6.02 Å². The molecule has 0 unspecified atom stereocenters. The van der Waals surface area contributed by atoms with E-state index in [2.05, 4.69) is 65.3 Å². The minimum atomic E-state index is 0. The van der Waals surface area contributed by atoms with E-state index < -0.39 is 0 Å². The number of benzene rings is 2. The average Bonchev–Trinajstić information content (AvgIpc) is 2.64. The minimum Gasteiger partial charge on any atom is -1.00 e.